The van der Waals surface area contributed by atoms with Gasteiger partial charge in [-0.05, 0) is 43.9 Å². The number of hydrogen-bond acceptors (Lipinski definition) is 3. The molecule has 3 nitrogen and oxygen atoms in total. The second-order valence-electron chi connectivity index (χ2n) is 5.10. The summed E-state index contributed by atoms with van der Waals surface area (Å²) in [5, 5.41) is 8.93. The van der Waals surface area contributed by atoms with E-state index in [1.807, 2.05) is 24.3 Å². The first-order valence-electron chi connectivity index (χ1n) is 7.24. The number of benzene rings is 1. The summed E-state index contributed by atoms with van der Waals surface area (Å²) < 4.78 is 6.12. The minimum Gasteiger partial charge on any atom is -0.475 e. The average molecular weight is 258 g/mol. The number of hydrogen-bond donors (Lipinski definition) is 0. The van der Waals surface area contributed by atoms with E-state index in [4.69, 9.17) is 10.00 Å². The van der Waals surface area contributed by atoms with Gasteiger partial charge in [-0.1, -0.05) is 19.4 Å². The molecular weight excluding hydrogens is 236 g/mol. The molecule has 3 heteroatoms. The summed E-state index contributed by atoms with van der Waals surface area (Å²) in [6.45, 7) is 4.47. The van der Waals surface area contributed by atoms with E-state index < -0.39 is 0 Å². The molecule has 1 saturated heterocycles. The van der Waals surface area contributed by atoms with Crippen LogP contribution in [0.25, 0.3) is 0 Å². The number of nitrogens with zero attached hydrogens (tertiary/aromatic N) is 2. The summed E-state index contributed by atoms with van der Waals surface area (Å²) >= 11 is 0. The van der Waals surface area contributed by atoms with Gasteiger partial charge in [0.1, 0.15) is 5.75 Å². The monoisotopic (exact) mass is 258 g/mol. The van der Waals surface area contributed by atoms with Crippen molar-refractivity contribution in [2.24, 2.45) is 0 Å². The van der Waals surface area contributed by atoms with Crippen molar-refractivity contribution in [3.8, 4) is 11.8 Å². The molecule has 0 bridgehead atoms. The van der Waals surface area contributed by atoms with E-state index in [0.717, 1.165) is 25.3 Å². The fraction of sp³-hybridized carbons (Fsp3) is 0.562. The van der Waals surface area contributed by atoms with Crippen LogP contribution in [0.15, 0.2) is 24.3 Å². The minimum absolute atomic E-state index is 0.163. The van der Waals surface area contributed by atoms with Crippen molar-refractivity contribution in [3.63, 3.8) is 0 Å². The van der Waals surface area contributed by atoms with Crippen molar-refractivity contribution in [1.82, 2.24) is 4.90 Å². The van der Waals surface area contributed by atoms with E-state index in [1.165, 1.54) is 25.7 Å². The Kier molecular flexibility index (Phi) is 5.23. The van der Waals surface area contributed by atoms with Crippen LogP contribution in [-0.4, -0.2) is 24.2 Å². The molecule has 1 atom stereocenters. The molecule has 0 amide bonds. The van der Waals surface area contributed by atoms with E-state index in [1.54, 1.807) is 0 Å². The van der Waals surface area contributed by atoms with E-state index in [-0.39, 0.29) is 6.23 Å². The molecule has 19 heavy (non-hydrogen) atoms. The van der Waals surface area contributed by atoms with Gasteiger partial charge in [0.15, 0.2) is 6.23 Å². The van der Waals surface area contributed by atoms with Gasteiger partial charge < -0.3 is 4.74 Å². The van der Waals surface area contributed by atoms with Gasteiger partial charge in [0.05, 0.1) is 11.6 Å². The van der Waals surface area contributed by atoms with Crippen LogP contribution in [0.2, 0.25) is 0 Å². The molecule has 102 valence electrons. The zero-order chi connectivity index (χ0) is 13.5. The second-order valence-corrected chi connectivity index (χ2v) is 5.10. The summed E-state index contributed by atoms with van der Waals surface area (Å²) in [5.41, 5.74) is 0.660. The van der Waals surface area contributed by atoms with Crippen LogP contribution in [0, 0.1) is 11.3 Å². The lowest BCUT2D eigenvalue weighted by Crippen LogP contribution is -2.37. The molecule has 0 saturated carbocycles. The predicted octanol–water partition coefficient (Wildman–Crippen LogP) is 3.55. The summed E-state index contributed by atoms with van der Waals surface area (Å²) in [6, 6.07) is 9.62. The third-order valence-corrected chi connectivity index (χ3v) is 3.59. The Balaban J connectivity index is 2.03. The quantitative estimate of drug-likeness (QED) is 0.783. The molecule has 0 aromatic heterocycles. The van der Waals surface area contributed by atoms with Crippen molar-refractivity contribution >= 4 is 0 Å². The molecule has 1 unspecified atom stereocenters. The highest BCUT2D eigenvalue weighted by atomic mass is 16.5. The zero-order valence-electron chi connectivity index (χ0n) is 11.6. The smallest absolute Gasteiger partial charge is 0.152 e. The maximum Gasteiger partial charge on any atom is 0.152 e. The number of ether oxygens (including phenoxy) is 1. The second kappa shape index (κ2) is 7.16. The first kappa shape index (κ1) is 13.9. The van der Waals surface area contributed by atoms with Gasteiger partial charge in [-0.2, -0.15) is 5.26 Å². The van der Waals surface area contributed by atoms with Crippen LogP contribution in [-0.2, 0) is 0 Å². The van der Waals surface area contributed by atoms with Gasteiger partial charge in [0.25, 0.3) is 0 Å². The summed E-state index contributed by atoms with van der Waals surface area (Å²) in [4.78, 5) is 2.43. The Labute approximate surface area is 115 Å². The van der Waals surface area contributed by atoms with Gasteiger partial charge in [-0.15, -0.1) is 0 Å². The van der Waals surface area contributed by atoms with Crippen LogP contribution < -0.4 is 4.74 Å². The molecule has 1 aliphatic rings. The van der Waals surface area contributed by atoms with Crippen molar-refractivity contribution in [1.29, 1.82) is 5.26 Å². The Morgan fingerprint density at radius 2 is 2.16 bits per heavy atom. The molecule has 0 N–H and O–H groups in total. The first-order chi connectivity index (χ1) is 9.33. The minimum atomic E-state index is 0.163. The maximum absolute atomic E-state index is 8.93. The normalized spacial score (nSPS) is 17.1. The molecule has 0 spiro atoms. The average Bonchev–Trinajstić information content (AvgIpc) is 2.97. The SMILES string of the molecule is CCCCC(Oc1cccc(C#N)c1)N1CCCC1. The van der Waals surface area contributed by atoms with Crippen LogP contribution in [0.4, 0.5) is 0 Å². The van der Waals surface area contributed by atoms with Crippen LogP contribution in [0.1, 0.15) is 44.6 Å². The van der Waals surface area contributed by atoms with E-state index in [0.29, 0.717) is 5.56 Å². The molecule has 1 fully saturated rings. The standard InChI is InChI=1S/C16H22N2O/c1-2-3-9-16(18-10-4-5-11-18)19-15-8-6-7-14(12-15)13-17/h6-8,12,16H,2-5,9-11H2,1H3. The van der Waals surface area contributed by atoms with Crippen LogP contribution in [0.5, 0.6) is 5.75 Å². The number of likely N-dealkylation sites (tertiary alicyclic amines) is 1. The highest BCUT2D eigenvalue weighted by molar-refractivity contribution is 5.36. The lowest BCUT2D eigenvalue weighted by atomic mass is 10.2. The molecule has 1 aromatic rings. The topological polar surface area (TPSA) is 36.3 Å². The van der Waals surface area contributed by atoms with Crippen molar-refractivity contribution in [2.75, 3.05) is 13.1 Å². The van der Waals surface area contributed by atoms with Crippen molar-refractivity contribution in [3.05, 3.63) is 29.8 Å². The van der Waals surface area contributed by atoms with E-state index >= 15 is 0 Å². The Bertz CT molecular complexity index is 433. The Morgan fingerprint density at radius 3 is 2.84 bits per heavy atom. The van der Waals surface area contributed by atoms with Crippen LogP contribution >= 0.6 is 0 Å². The molecular formula is C16H22N2O. The van der Waals surface area contributed by atoms with Crippen molar-refractivity contribution < 1.29 is 4.74 Å². The number of rotatable bonds is 6. The first-order valence-corrected chi connectivity index (χ1v) is 7.24. The molecule has 2 rings (SSSR count). The third kappa shape index (κ3) is 3.97. The van der Waals surface area contributed by atoms with Gasteiger partial charge in [-0.3, -0.25) is 4.90 Å². The summed E-state index contributed by atoms with van der Waals surface area (Å²) in [5.74, 6) is 0.812. The zero-order valence-corrected chi connectivity index (χ0v) is 11.6. The molecule has 0 aliphatic carbocycles. The van der Waals surface area contributed by atoms with Gasteiger partial charge in [0.2, 0.25) is 0 Å². The molecule has 1 heterocycles. The summed E-state index contributed by atoms with van der Waals surface area (Å²) in [7, 11) is 0. The van der Waals surface area contributed by atoms with E-state index in [9.17, 15) is 0 Å². The molecule has 0 radical (unpaired) electrons. The van der Waals surface area contributed by atoms with Crippen LogP contribution in [0.3, 0.4) is 0 Å². The Morgan fingerprint density at radius 1 is 1.37 bits per heavy atom. The summed E-state index contributed by atoms with van der Waals surface area (Å²) in [6.07, 6.45) is 6.13. The largest absolute Gasteiger partial charge is 0.475 e. The maximum atomic E-state index is 8.93. The van der Waals surface area contributed by atoms with Gasteiger partial charge >= 0.3 is 0 Å². The van der Waals surface area contributed by atoms with Gasteiger partial charge in [0, 0.05) is 13.1 Å². The fourth-order valence-electron chi connectivity index (χ4n) is 2.52. The lowest BCUT2D eigenvalue weighted by Gasteiger charge is -2.28. The number of nitriles is 1. The Hall–Kier alpha value is -1.53. The predicted molar refractivity (Wildman–Crippen MR) is 75.9 cm³/mol. The van der Waals surface area contributed by atoms with E-state index in [2.05, 4.69) is 17.9 Å². The highest BCUT2D eigenvalue weighted by Crippen LogP contribution is 2.21. The molecule has 1 aromatic carbocycles. The van der Waals surface area contributed by atoms with Crippen molar-refractivity contribution in [2.45, 2.75) is 45.3 Å². The third-order valence-electron chi connectivity index (χ3n) is 3.59. The lowest BCUT2D eigenvalue weighted by molar-refractivity contribution is 0.0345. The van der Waals surface area contributed by atoms with Gasteiger partial charge in [-0.25, -0.2) is 0 Å². The molecule has 1 aliphatic heterocycles. The fourth-order valence-corrected chi connectivity index (χ4v) is 2.52. The number of unbranched alkanes of at least 4 members (excludes halogenated alkanes) is 1. The highest BCUT2D eigenvalue weighted by Gasteiger charge is 2.22.